The lowest BCUT2D eigenvalue weighted by Gasteiger charge is -2.34. The molecule has 1 aliphatic heterocycles. The van der Waals surface area contributed by atoms with E-state index in [1.54, 1.807) is 38.2 Å². The van der Waals surface area contributed by atoms with Crippen LogP contribution in [0.2, 0.25) is 0 Å². The molecule has 1 aromatic rings. The molecule has 0 aromatic heterocycles. The van der Waals surface area contributed by atoms with Crippen LogP contribution in [0.25, 0.3) is 0 Å². The Bertz CT molecular complexity index is 759. The number of carbonyl (C=O) groups is 2. The normalized spacial score (nSPS) is 17.0. The van der Waals surface area contributed by atoms with Gasteiger partial charge in [-0.3, -0.25) is 4.79 Å². The van der Waals surface area contributed by atoms with Gasteiger partial charge in [-0.1, -0.05) is 19.9 Å². The van der Waals surface area contributed by atoms with Crippen molar-refractivity contribution in [1.29, 1.82) is 0 Å². The standard InChI is InChI=1S/C22H29NO5/c1-7-8-23-15(4)21(22(25)28-13-14(2)3)19(12-20(23)24)16-9-17(26-5)11-18(10-16)27-6/h7,9-11,14,19H,1,8,12-13H2,2-6H3/t19-/m1/s1. The molecule has 0 saturated carbocycles. The van der Waals surface area contributed by atoms with Crippen LogP contribution in [0.4, 0.5) is 0 Å². The fraction of sp³-hybridized carbons (Fsp3) is 0.455. The molecule has 6 nitrogen and oxygen atoms in total. The van der Waals surface area contributed by atoms with E-state index in [9.17, 15) is 9.59 Å². The molecule has 0 aliphatic carbocycles. The maximum Gasteiger partial charge on any atom is 0.336 e. The Morgan fingerprint density at radius 2 is 1.86 bits per heavy atom. The predicted octanol–water partition coefficient (Wildman–Crippen LogP) is 3.68. The predicted molar refractivity (Wildman–Crippen MR) is 107 cm³/mol. The van der Waals surface area contributed by atoms with Gasteiger partial charge in [0.1, 0.15) is 11.5 Å². The first kappa shape index (κ1) is 21.5. The van der Waals surface area contributed by atoms with Crippen LogP contribution in [0.15, 0.2) is 42.1 Å². The molecule has 0 spiro atoms. The molecule has 28 heavy (non-hydrogen) atoms. The molecule has 1 aliphatic rings. The van der Waals surface area contributed by atoms with Crippen molar-refractivity contribution in [2.45, 2.75) is 33.1 Å². The van der Waals surface area contributed by atoms with Crippen LogP contribution in [0.3, 0.4) is 0 Å². The maximum atomic E-state index is 13.0. The smallest absolute Gasteiger partial charge is 0.336 e. The summed E-state index contributed by atoms with van der Waals surface area (Å²) in [4.78, 5) is 27.3. The topological polar surface area (TPSA) is 65.1 Å². The summed E-state index contributed by atoms with van der Waals surface area (Å²) in [5.41, 5.74) is 1.85. The lowest BCUT2D eigenvalue weighted by molar-refractivity contribution is -0.141. The van der Waals surface area contributed by atoms with E-state index in [0.717, 1.165) is 5.56 Å². The molecule has 0 radical (unpaired) electrons. The molecule has 0 fully saturated rings. The number of rotatable bonds is 8. The second kappa shape index (κ2) is 9.44. The van der Waals surface area contributed by atoms with Gasteiger partial charge in [0.25, 0.3) is 0 Å². The fourth-order valence-corrected chi connectivity index (χ4v) is 3.26. The Hall–Kier alpha value is -2.76. The molecular weight excluding hydrogens is 358 g/mol. The number of hydrogen-bond donors (Lipinski definition) is 0. The Labute approximate surface area is 166 Å². The minimum absolute atomic E-state index is 0.0652. The second-order valence-electron chi connectivity index (χ2n) is 7.19. The van der Waals surface area contributed by atoms with Crippen molar-refractivity contribution < 1.29 is 23.8 Å². The Morgan fingerprint density at radius 3 is 2.36 bits per heavy atom. The van der Waals surface area contributed by atoms with Gasteiger partial charge in [-0.15, -0.1) is 6.58 Å². The Morgan fingerprint density at radius 1 is 1.25 bits per heavy atom. The summed E-state index contributed by atoms with van der Waals surface area (Å²) in [6.45, 7) is 10.1. The first-order valence-corrected chi connectivity index (χ1v) is 9.34. The molecule has 6 heteroatoms. The number of allylic oxidation sites excluding steroid dienone is 1. The van der Waals surface area contributed by atoms with Gasteiger partial charge >= 0.3 is 5.97 Å². The average molecular weight is 387 g/mol. The fourth-order valence-electron chi connectivity index (χ4n) is 3.26. The van der Waals surface area contributed by atoms with Gasteiger partial charge in [-0.2, -0.15) is 0 Å². The molecule has 0 unspecified atom stereocenters. The number of hydrogen-bond acceptors (Lipinski definition) is 5. The highest BCUT2D eigenvalue weighted by Crippen LogP contribution is 2.39. The first-order chi connectivity index (χ1) is 13.3. The minimum atomic E-state index is -0.433. The number of ether oxygens (including phenoxy) is 3. The molecule has 1 heterocycles. The first-order valence-electron chi connectivity index (χ1n) is 9.34. The van der Waals surface area contributed by atoms with Crippen molar-refractivity contribution in [2.24, 2.45) is 5.92 Å². The van der Waals surface area contributed by atoms with Crippen LogP contribution >= 0.6 is 0 Å². The zero-order valence-electron chi connectivity index (χ0n) is 17.3. The van der Waals surface area contributed by atoms with Gasteiger partial charge in [0.05, 0.1) is 26.4 Å². The summed E-state index contributed by atoms with van der Waals surface area (Å²) >= 11 is 0. The Kier molecular flexibility index (Phi) is 7.26. The molecule has 0 N–H and O–H groups in total. The molecule has 0 bridgehead atoms. The summed E-state index contributed by atoms with van der Waals surface area (Å²) in [6, 6.07) is 5.41. The van der Waals surface area contributed by atoms with Gasteiger partial charge < -0.3 is 19.1 Å². The van der Waals surface area contributed by atoms with E-state index < -0.39 is 11.9 Å². The average Bonchev–Trinajstić information content (AvgIpc) is 2.68. The molecule has 1 atom stereocenters. The summed E-state index contributed by atoms with van der Waals surface area (Å²) in [5.74, 6) is 0.516. The highest BCUT2D eigenvalue weighted by molar-refractivity contribution is 5.96. The second-order valence-corrected chi connectivity index (χ2v) is 7.19. The third-order valence-electron chi connectivity index (χ3n) is 4.68. The zero-order valence-corrected chi connectivity index (χ0v) is 17.3. The molecule has 152 valence electrons. The highest BCUT2D eigenvalue weighted by atomic mass is 16.5. The van der Waals surface area contributed by atoms with Crippen LogP contribution in [-0.2, 0) is 14.3 Å². The third kappa shape index (κ3) is 4.74. The van der Waals surface area contributed by atoms with E-state index in [4.69, 9.17) is 14.2 Å². The number of benzene rings is 1. The maximum absolute atomic E-state index is 13.0. The lowest BCUT2D eigenvalue weighted by atomic mass is 9.83. The molecule has 1 amide bonds. The quantitative estimate of drug-likeness (QED) is 0.503. The number of methoxy groups -OCH3 is 2. The monoisotopic (exact) mass is 387 g/mol. The van der Waals surface area contributed by atoms with Crippen LogP contribution in [0, 0.1) is 5.92 Å². The summed E-state index contributed by atoms with van der Waals surface area (Å²) in [6.07, 6.45) is 1.81. The molecule has 1 aromatic carbocycles. The van der Waals surface area contributed by atoms with Gasteiger partial charge in [-0.05, 0) is 30.5 Å². The van der Waals surface area contributed by atoms with E-state index in [-0.39, 0.29) is 18.2 Å². The van der Waals surface area contributed by atoms with Crippen molar-refractivity contribution >= 4 is 11.9 Å². The number of nitrogens with zero attached hydrogens (tertiary/aromatic N) is 1. The van der Waals surface area contributed by atoms with Gasteiger partial charge in [-0.25, -0.2) is 4.79 Å². The van der Waals surface area contributed by atoms with Crippen molar-refractivity contribution in [1.82, 2.24) is 4.90 Å². The lowest BCUT2D eigenvalue weighted by Crippen LogP contribution is -2.38. The van der Waals surface area contributed by atoms with Gasteiger partial charge in [0, 0.05) is 30.6 Å². The SMILES string of the molecule is C=CCN1C(=O)C[C@H](c2cc(OC)cc(OC)c2)C(C(=O)OCC(C)C)=C1C. The van der Waals surface area contributed by atoms with E-state index in [1.807, 2.05) is 26.0 Å². The van der Waals surface area contributed by atoms with Crippen molar-refractivity contribution in [3.63, 3.8) is 0 Å². The summed E-state index contributed by atoms with van der Waals surface area (Å²) < 4.78 is 16.2. The summed E-state index contributed by atoms with van der Waals surface area (Å²) in [7, 11) is 3.13. The van der Waals surface area contributed by atoms with Crippen LogP contribution in [0.1, 0.15) is 38.7 Å². The minimum Gasteiger partial charge on any atom is -0.497 e. The number of esters is 1. The van der Waals surface area contributed by atoms with Crippen molar-refractivity contribution in [2.75, 3.05) is 27.4 Å². The number of amides is 1. The highest BCUT2D eigenvalue weighted by Gasteiger charge is 2.37. The van der Waals surface area contributed by atoms with E-state index in [0.29, 0.717) is 35.9 Å². The molecule has 2 rings (SSSR count). The van der Waals surface area contributed by atoms with E-state index in [1.165, 1.54) is 0 Å². The van der Waals surface area contributed by atoms with Crippen LogP contribution in [-0.4, -0.2) is 44.1 Å². The summed E-state index contributed by atoms with van der Waals surface area (Å²) in [5, 5.41) is 0. The van der Waals surface area contributed by atoms with Gasteiger partial charge in [0.15, 0.2) is 0 Å². The van der Waals surface area contributed by atoms with Crippen molar-refractivity contribution in [3.8, 4) is 11.5 Å². The number of carbonyl (C=O) groups excluding carboxylic acids is 2. The van der Waals surface area contributed by atoms with Crippen LogP contribution in [0.5, 0.6) is 11.5 Å². The molecular formula is C22H29NO5. The van der Waals surface area contributed by atoms with E-state index in [2.05, 4.69) is 6.58 Å². The van der Waals surface area contributed by atoms with Crippen LogP contribution < -0.4 is 9.47 Å². The Balaban J connectivity index is 2.55. The zero-order chi connectivity index (χ0) is 20.8. The third-order valence-corrected chi connectivity index (χ3v) is 4.68. The molecule has 0 saturated heterocycles. The largest absolute Gasteiger partial charge is 0.497 e. The van der Waals surface area contributed by atoms with Crippen molar-refractivity contribution in [3.05, 3.63) is 47.7 Å². The van der Waals surface area contributed by atoms with Gasteiger partial charge in [0.2, 0.25) is 5.91 Å². The van der Waals surface area contributed by atoms with E-state index >= 15 is 0 Å².